The molecule has 1 aromatic rings. The van der Waals surface area contributed by atoms with Crippen molar-refractivity contribution >= 4 is 28.9 Å². The van der Waals surface area contributed by atoms with E-state index < -0.39 is 0 Å². The highest BCUT2D eigenvalue weighted by Gasteiger charge is 2.30. The van der Waals surface area contributed by atoms with Crippen LogP contribution in [0.25, 0.3) is 0 Å². The average Bonchev–Trinajstić information content (AvgIpc) is 2.70. The molecule has 19 heavy (non-hydrogen) atoms. The Morgan fingerprint density at radius 2 is 2.16 bits per heavy atom. The molecular formula is C14H20ClN3O. The second kappa shape index (κ2) is 5.80. The SMILES string of the molecule is CCCN(CC)c1cc2c(cc1Cl)C(NC)C(=O)N2. The molecule has 0 bridgehead atoms. The number of benzene rings is 1. The molecule has 0 radical (unpaired) electrons. The Kier molecular flexibility index (Phi) is 4.32. The molecular weight excluding hydrogens is 262 g/mol. The van der Waals surface area contributed by atoms with Crippen LogP contribution in [-0.2, 0) is 4.79 Å². The Labute approximate surface area is 119 Å². The van der Waals surface area contributed by atoms with Gasteiger partial charge >= 0.3 is 0 Å². The average molecular weight is 282 g/mol. The minimum atomic E-state index is -0.303. The number of likely N-dealkylation sites (N-methyl/N-ethyl adjacent to an activating group) is 1. The van der Waals surface area contributed by atoms with Crippen molar-refractivity contribution in [3.63, 3.8) is 0 Å². The molecule has 0 aromatic heterocycles. The van der Waals surface area contributed by atoms with E-state index >= 15 is 0 Å². The molecule has 1 amide bonds. The molecule has 104 valence electrons. The summed E-state index contributed by atoms with van der Waals surface area (Å²) in [6.07, 6.45) is 1.06. The standard InChI is InChI=1S/C14H20ClN3O/c1-4-6-18(5-2)12-8-11-9(7-10(12)15)13(16-3)14(19)17-11/h7-8,13,16H,4-6H2,1-3H3,(H,17,19). The molecule has 1 aromatic carbocycles. The highest BCUT2D eigenvalue weighted by Crippen LogP contribution is 2.38. The predicted molar refractivity (Wildman–Crippen MR) is 80.1 cm³/mol. The van der Waals surface area contributed by atoms with Gasteiger partial charge in [-0.3, -0.25) is 4.79 Å². The highest BCUT2D eigenvalue weighted by atomic mass is 35.5. The Balaban J connectivity index is 2.40. The van der Waals surface area contributed by atoms with Crippen molar-refractivity contribution in [1.29, 1.82) is 0 Å². The van der Waals surface area contributed by atoms with E-state index in [0.29, 0.717) is 5.02 Å². The van der Waals surface area contributed by atoms with E-state index in [1.165, 1.54) is 0 Å². The minimum Gasteiger partial charge on any atom is -0.371 e. The van der Waals surface area contributed by atoms with Crippen LogP contribution < -0.4 is 15.5 Å². The Morgan fingerprint density at radius 3 is 2.74 bits per heavy atom. The van der Waals surface area contributed by atoms with Gasteiger partial charge in [0.25, 0.3) is 0 Å². The van der Waals surface area contributed by atoms with Crippen LogP contribution >= 0.6 is 11.6 Å². The molecule has 0 saturated carbocycles. The minimum absolute atomic E-state index is 0.0238. The number of nitrogens with zero attached hydrogens (tertiary/aromatic N) is 1. The molecule has 2 N–H and O–H groups in total. The Morgan fingerprint density at radius 1 is 1.42 bits per heavy atom. The van der Waals surface area contributed by atoms with Crippen molar-refractivity contribution in [2.75, 3.05) is 30.4 Å². The third-order valence-electron chi connectivity index (χ3n) is 3.45. The van der Waals surface area contributed by atoms with E-state index in [1.807, 2.05) is 12.1 Å². The quantitative estimate of drug-likeness (QED) is 0.872. The van der Waals surface area contributed by atoms with Crippen LogP contribution in [0.1, 0.15) is 31.9 Å². The van der Waals surface area contributed by atoms with Crippen LogP contribution in [0, 0.1) is 0 Å². The van der Waals surface area contributed by atoms with Gasteiger partial charge in [-0.1, -0.05) is 18.5 Å². The zero-order valence-corrected chi connectivity index (χ0v) is 12.3. The fraction of sp³-hybridized carbons (Fsp3) is 0.500. The van der Waals surface area contributed by atoms with Gasteiger partial charge in [0.15, 0.2) is 0 Å². The number of anilines is 2. The van der Waals surface area contributed by atoms with Crippen LogP contribution in [-0.4, -0.2) is 26.0 Å². The molecule has 1 unspecified atom stereocenters. The van der Waals surface area contributed by atoms with Crippen molar-refractivity contribution in [3.05, 3.63) is 22.7 Å². The van der Waals surface area contributed by atoms with Gasteiger partial charge in [0, 0.05) is 24.3 Å². The van der Waals surface area contributed by atoms with Crippen molar-refractivity contribution < 1.29 is 4.79 Å². The molecule has 4 nitrogen and oxygen atoms in total. The van der Waals surface area contributed by atoms with Crippen LogP contribution in [0.2, 0.25) is 5.02 Å². The largest absolute Gasteiger partial charge is 0.371 e. The number of hydrogen-bond acceptors (Lipinski definition) is 3. The lowest BCUT2D eigenvalue weighted by molar-refractivity contribution is -0.117. The van der Waals surface area contributed by atoms with Gasteiger partial charge < -0.3 is 15.5 Å². The van der Waals surface area contributed by atoms with Crippen LogP contribution in [0.3, 0.4) is 0 Å². The number of amides is 1. The predicted octanol–water partition coefficient (Wildman–Crippen LogP) is 2.79. The molecule has 0 saturated heterocycles. The fourth-order valence-electron chi connectivity index (χ4n) is 2.52. The summed E-state index contributed by atoms with van der Waals surface area (Å²) in [6.45, 7) is 6.10. The third-order valence-corrected chi connectivity index (χ3v) is 3.76. The maximum Gasteiger partial charge on any atom is 0.246 e. The maximum absolute atomic E-state index is 11.8. The zero-order valence-electron chi connectivity index (χ0n) is 11.6. The van der Waals surface area contributed by atoms with Gasteiger partial charge in [-0.25, -0.2) is 0 Å². The summed E-state index contributed by atoms with van der Waals surface area (Å²) >= 11 is 6.38. The second-order valence-electron chi connectivity index (χ2n) is 4.68. The molecule has 5 heteroatoms. The Hall–Kier alpha value is -1.26. The van der Waals surface area contributed by atoms with Gasteiger partial charge in [0.2, 0.25) is 5.91 Å². The summed E-state index contributed by atoms with van der Waals surface area (Å²) in [4.78, 5) is 14.0. The van der Waals surface area contributed by atoms with Crippen molar-refractivity contribution in [2.45, 2.75) is 26.3 Å². The van der Waals surface area contributed by atoms with Gasteiger partial charge in [-0.05, 0) is 32.5 Å². The Bertz CT molecular complexity index is 490. The smallest absolute Gasteiger partial charge is 0.246 e. The van der Waals surface area contributed by atoms with E-state index in [2.05, 4.69) is 29.4 Å². The lowest BCUT2D eigenvalue weighted by atomic mass is 10.1. The fourth-order valence-corrected chi connectivity index (χ4v) is 2.81. The van der Waals surface area contributed by atoms with E-state index in [4.69, 9.17) is 11.6 Å². The van der Waals surface area contributed by atoms with Crippen LogP contribution in [0.5, 0.6) is 0 Å². The van der Waals surface area contributed by atoms with E-state index in [1.54, 1.807) is 7.05 Å². The van der Waals surface area contributed by atoms with E-state index in [-0.39, 0.29) is 11.9 Å². The number of carbonyl (C=O) groups excluding carboxylic acids is 1. The highest BCUT2D eigenvalue weighted by molar-refractivity contribution is 6.33. The van der Waals surface area contributed by atoms with Gasteiger partial charge in [0.1, 0.15) is 6.04 Å². The van der Waals surface area contributed by atoms with Crippen molar-refractivity contribution in [1.82, 2.24) is 5.32 Å². The number of rotatable bonds is 5. The second-order valence-corrected chi connectivity index (χ2v) is 5.09. The summed E-state index contributed by atoms with van der Waals surface area (Å²) in [5.74, 6) is -0.0238. The van der Waals surface area contributed by atoms with Gasteiger partial charge in [-0.15, -0.1) is 0 Å². The molecule has 1 heterocycles. The monoisotopic (exact) mass is 281 g/mol. The van der Waals surface area contributed by atoms with Crippen molar-refractivity contribution in [2.24, 2.45) is 0 Å². The number of carbonyl (C=O) groups is 1. The number of hydrogen-bond donors (Lipinski definition) is 2. The number of nitrogens with one attached hydrogen (secondary N) is 2. The third kappa shape index (κ3) is 2.55. The summed E-state index contributed by atoms with van der Waals surface area (Å²) in [6, 6.07) is 3.57. The van der Waals surface area contributed by atoms with E-state index in [9.17, 15) is 4.79 Å². The first kappa shape index (κ1) is 14.2. The molecule has 0 fully saturated rings. The van der Waals surface area contributed by atoms with Gasteiger partial charge in [-0.2, -0.15) is 0 Å². The first-order chi connectivity index (χ1) is 9.12. The molecule has 2 rings (SSSR count). The summed E-state index contributed by atoms with van der Waals surface area (Å²) in [5, 5.41) is 6.60. The molecule has 0 aliphatic carbocycles. The lowest BCUT2D eigenvalue weighted by Crippen LogP contribution is -2.24. The molecule has 1 aliphatic heterocycles. The zero-order chi connectivity index (χ0) is 14.0. The van der Waals surface area contributed by atoms with Crippen LogP contribution in [0.4, 0.5) is 11.4 Å². The summed E-state index contributed by atoms with van der Waals surface area (Å²) in [7, 11) is 1.77. The van der Waals surface area contributed by atoms with Crippen LogP contribution in [0.15, 0.2) is 12.1 Å². The summed E-state index contributed by atoms with van der Waals surface area (Å²) in [5.41, 5.74) is 2.77. The van der Waals surface area contributed by atoms with Gasteiger partial charge in [0.05, 0.1) is 10.7 Å². The normalized spacial score (nSPS) is 17.3. The first-order valence-corrected chi connectivity index (χ1v) is 7.06. The first-order valence-electron chi connectivity index (χ1n) is 6.68. The molecule has 1 atom stereocenters. The number of halogens is 1. The van der Waals surface area contributed by atoms with Crippen molar-refractivity contribution in [3.8, 4) is 0 Å². The molecule has 0 spiro atoms. The lowest BCUT2D eigenvalue weighted by Gasteiger charge is -2.24. The maximum atomic E-state index is 11.8. The summed E-state index contributed by atoms with van der Waals surface area (Å²) < 4.78 is 0. The topological polar surface area (TPSA) is 44.4 Å². The molecule has 1 aliphatic rings. The number of fused-ring (bicyclic) bond motifs is 1. The van der Waals surface area contributed by atoms with E-state index in [0.717, 1.165) is 36.4 Å².